The number of nitrogens with zero attached hydrogens (tertiary/aromatic N) is 2. The molecular formula is C12H22BrN3O. The zero-order valence-electron chi connectivity index (χ0n) is 11.1. The number of halogens is 1. The van der Waals surface area contributed by atoms with Gasteiger partial charge in [-0.2, -0.15) is 5.10 Å². The summed E-state index contributed by atoms with van der Waals surface area (Å²) in [4.78, 5) is 0. The van der Waals surface area contributed by atoms with Crippen LogP contribution in [0.2, 0.25) is 0 Å². The molecule has 5 heteroatoms. The maximum atomic E-state index is 5.17. The van der Waals surface area contributed by atoms with Crippen LogP contribution in [0.1, 0.15) is 24.7 Å². The van der Waals surface area contributed by atoms with Gasteiger partial charge in [-0.1, -0.05) is 6.92 Å². The molecule has 0 amide bonds. The lowest BCUT2D eigenvalue weighted by Crippen LogP contribution is -2.30. The van der Waals surface area contributed by atoms with E-state index in [-0.39, 0.29) is 0 Å². The number of methoxy groups -OCH3 is 1. The van der Waals surface area contributed by atoms with Crippen LogP contribution in [0.25, 0.3) is 0 Å². The number of aryl methyl sites for hydroxylation is 2. The van der Waals surface area contributed by atoms with E-state index in [0.29, 0.717) is 6.04 Å². The molecule has 1 N–H and O–H groups in total. The molecule has 0 bridgehead atoms. The minimum atomic E-state index is 0.395. The van der Waals surface area contributed by atoms with Gasteiger partial charge in [0.1, 0.15) is 0 Å². The predicted molar refractivity (Wildman–Crippen MR) is 73.3 cm³/mol. The van der Waals surface area contributed by atoms with Gasteiger partial charge < -0.3 is 10.1 Å². The highest BCUT2D eigenvalue weighted by Gasteiger charge is 2.14. The lowest BCUT2D eigenvalue weighted by Gasteiger charge is -2.14. The lowest BCUT2D eigenvalue weighted by atomic mass is 10.1. The molecule has 1 atom stereocenters. The van der Waals surface area contributed by atoms with Crippen molar-refractivity contribution >= 4 is 15.9 Å². The van der Waals surface area contributed by atoms with E-state index in [2.05, 4.69) is 33.3 Å². The predicted octanol–water partition coefficient (Wildman–Crippen LogP) is 1.91. The smallest absolute Gasteiger partial charge is 0.0766 e. The molecule has 0 aliphatic rings. The summed E-state index contributed by atoms with van der Waals surface area (Å²) < 4.78 is 8.31. The number of ether oxygens (including phenoxy) is 1. The minimum absolute atomic E-state index is 0.395. The summed E-state index contributed by atoms with van der Waals surface area (Å²) in [5, 5.41) is 7.76. The Morgan fingerprint density at radius 1 is 1.53 bits per heavy atom. The van der Waals surface area contributed by atoms with Crippen LogP contribution < -0.4 is 5.32 Å². The average molecular weight is 304 g/mol. The second-order valence-corrected chi connectivity index (χ2v) is 4.96. The molecule has 1 unspecified atom stereocenters. The van der Waals surface area contributed by atoms with Crippen LogP contribution in [0, 0.1) is 0 Å². The summed E-state index contributed by atoms with van der Waals surface area (Å²) in [5.41, 5.74) is 2.40. The van der Waals surface area contributed by atoms with E-state index in [1.807, 2.05) is 18.8 Å². The van der Waals surface area contributed by atoms with Crippen molar-refractivity contribution in [3.63, 3.8) is 0 Å². The van der Waals surface area contributed by atoms with Gasteiger partial charge in [0.15, 0.2) is 0 Å². The quantitative estimate of drug-likeness (QED) is 0.836. The molecule has 4 nitrogen and oxygen atoms in total. The SMILES string of the molecule is CCc1nn(C)c(CCC(COC)NC)c1Br. The van der Waals surface area contributed by atoms with E-state index < -0.39 is 0 Å². The fourth-order valence-corrected chi connectivity index (χ4v) is 2.73. The lowest BCUT2D eigenvalue weighted by molar-refractivity contribution is 0.166. The number of hydrogen-bond acceptors (Lipinski definition) is 3. The van der Waals surface area contributed by atoms with Crippen LogP contribution in [-0.2, 0) is 24.6 Å². The van der Waals surface area contributed by atoms with Crippen molar-refractivity contribution in [1.82, 2.24) is 15.1 Å². The number of nitrogens with one attached hydrogen (secondary N) is 1. The summed E-state index contributed by atoms with van der Waals surface area (Å²) in [6, 6.07) is 0.395. The topological polar surface area (TPSA) is 39.1 Å². The van der Waals surface area contributed by atoms with Gasteiger partial charge in [0.2, 0.25) is 0 Å². The van der Waals surface area contributed by atoms with Gasteiger partial charge in [-0.25, -0.2) is 0 Å². The monoisotopic (exact) mass is 303 g/mol. The molecule has 98 valence electrons. The van der Waals surface area contributed by atoms with E-state index in [0.717, 1.165) is 36.0 Å². The average Bonchev–Trinajstić information content (AvgIpc) is 2.60. The van der Waals surface area contributed by atoms with E-state index in [1.54, 1.807) is 7.11 Å². The van der Waals surface area contributed by atoms with Crippen molar-refractivity contribution in [2.45, 2.75) is 32.2 Å². The Morgan fingerprint density at radius 2 is 2.24 bits per heavy atom. The molecule has 0 aromatic carbocycles. The summed E-state index contributed by atoms with van der Waals surface area (Å²) in [6.07, 6.45) is 3.01. The number of hydrogen-bond donors (Lipinski definition) is 1. The van der Waals surface area contributed by atoms with Crippen molar-refractivity contribution in [3.05, 3.63) is 15.9 Å². The first-order valence-electron chi connectivity index (χ1n) is 6.00. The molecule has 0 aliphatic heterocycles. The van der Waals surface area contributed by atoms with Crippen molar-refractivity contribution in [2.75, 3.05) is 20.8 Å². The van der Waals surface area contributed by atoms with Gasteiger partial charge in [-0.3, -0.25) is 4.68 Å². The Kier molecular flexibility index (Phi) is 6.16. The van der Waals surface area contributed by atoms with E-state index >= 15 is 0 Å². The second-order valence-electron chi connectivity index (χ2n) is 4.16. The molecule has 0 saturated carbocycles. The van der Waals surface area contributed by atoms with Crippen LogP contribution in [0.15, 0.2) is 4.47 Å². The molecular weight excluding hydrogens is 282 g/mol. The Morgan fingerprint density at radius 3 is 2.71 bits per heavy atom. The third-order valence-electron chi connectivity index (χ3n) is 3.01. The fourth-order valence-electron chi connectivity index (χ4n) is 1.91. The zero-order chi connectivity index (χ0) is 12.8. The zero-order valence-corrected chi connectivity index (χ0v) is 12.7. The van der Waals surface area contributed by atoms with Crippen LogP contribution in [0.5, 0.6) is 0 Å². The van der Waals surface area contributed by atoms with E-state index in [1.165, 1.54) is 5.69 Å². The summed E-state index contributed by atoms with van der Waals surface area (Å²) in [5.74, 6) is 0. The van der Waals surface area contributed by atoms with Gasteiger partial charge in [0.25, 0.3) is 0 Å². The fraction of sp³-hybridized carbons (Fsp3) is 0.750. The molecule has 17 heavy (non-hydrogen) atoms. The molecule has 0 spiro atoms. The Balaban J connectivity index is 2.65. The molecule has 0 fully saturated rings. The number of aromatic nitrogens is 2. The molecule has 0 radical (unpaired) electrons. The highest BCUT2D eigenvalue weighted by atomic mass is 79.9. The van der Waals surface area contributed by atoms with Crippen molar-refractivity contribution in [1.29, 1.82) is 0 Å². The molecule has 1 aromatic rings. The number of rotatable bonds is 7. The van der Waals surface area contributed by atoms with Crippen LogP contribution >= 0.6 is 15.9 Å². The molecule has 0 aliphatic carbocycles. The molecule has 1 aromatic heterocycles. The van der Waals surface area contributed by atoms with Gasteiger partial charge in [0, 0.05) is 20.2 Å². The first kappa shape index (κ1) is 14.7. The highest BCUT2D eigenvalue weighted by molar-refractivity contribution is 9.10. The molecule has 1 heterocycles. The highest BCUT2D eigenvalue weighted by Crippen LogP contribution is 2.23. The Labute approximate surface area is 112 Å². The maximum Gasteiger partial charge on any atom is 0.0766 e. The maximum absolute atomic E-state index is 5.17. The third-order valence-corrected chi connectivity index (χ3v) is 3.92. The Bertz CT molecular complexity index is 352. The van der Waals surface area contributed by atoms with Gasteiger partial charge >= 0.3 is 0 Å². The van der Waals surface area contributed by atoms with Crippen LogP contribution in [-0.4, -0.2) is 36.6 Å². The summed E-state index contributed by atoms with van der Waals surface area (Å²) >= 11 is 3.64. The van der Waals surface area contributed by atoms with Crippen molar-refractivity contribution < 1.29 is 4.74 Å². The van der Waals surface area contributed by atoms with Gasteiger partial charge in [-0.15, -0.1) is 0 Å². The normalized spacial score (nSPS) is 13.0. The van der Waals surface area contributed by atoms with Crippen molar-refractivity contribution in [2.24, 2.45) is 7.05 Å². The first-order valence-corrected chi connectivity index (χ1v) is 6.79. The van der Waals surface area contributed by atoms with Crippen LogP contribution in [0.3, 0.4) is 0 Å². The summed E-state index contributed by atoms with van der Waals surface area (Å²) in [7, 11) is 5.71. The summed E-state index contributed by atoms with van der Waals surface area (Å²) in [6.45, 7) is 2.87. The number of likely N-dealkylation sites (N-methyl/N-ethyl adjacent to an activating group) is 1. The first-order chi connectivity index (χ1) is 8.13. The molecule has 1 rings (SSSR count). The Hall–Kier alpha value is -0.390. The second kappa shape index (κ2) is 7.13. The van der Waals surface area contributed by atoms with Crippen molar-refractivity contribution in [3.8, 4) is 0 Å². The standard InChI is InChI=1S/C12H22BrN3O/c1-5-10-12(13)11(16(3)15-10)7-6-9(14-2)8-17-4/h9,14H,5-8H2,1-4H3. The van der Waals surface area contributed by atoms with Crippen LogP contribution in [0.4, 0.5) is 0 Å². The third kappa shape index (κ3) is 3.79. The van der Waals surface area contributed by atoms with Gasteiger partial charge in [-0.05, 0) is 42.2 Å². The largest absolute Gasteiger partial charge is 0.383 e. The van der Waals surface area contributed by atoms with E-state index in [4.69, 9.17) is 4.74 Å². The molecule has 0 saturated heterocycles. The minimum Gasteiger partial charge on any atom is -0.383 e. The van der Waals surface area contributed by atoms with E-state index in [9.17, 15) is 0 Å². The van der Waals surface area contributed by atoms with Gasteiger partial charge in [0.05, 0.1) is 22.5 Å².